The summed E-state index contributed by atoms with van der Waals surface area (Å²) in [4.78, 5) is 25.6. The van der Waals surface area contributed by atoms with Gasteiger partial charge in [0.05, 0.1) is 19.4 Å². The van der Waals surface area contributed by atoms with Gasteiger partial charge in [-0.1, -0.05) is 12.8 Å². The number of nitrogens with one attached hydrogen (secondary N) is 1. The van der Waals surface area contributed by atoms with Gasteiger partial charge in [-0.2, -0.15) is 0 Å². The molecule has 1 N–H and O–H groups in total. The van der Waals surface area contributed by atoms with Gasteiger partial charge < -0.3 is 19.4 Å². The fourth-order valence-corrected chi connectivity index (χ4v) is 2.80. The maximum Gasteiger partial charge on any atom is 0.407 e. The van der Waals surface area contributed by atoms with Gasteiger partial charge >= 0.3 is 6.09 Å². The van der Waals surface area contributed by atoms with Crippen LogP contribution in [0.15, 0.2) is 22.8 Å². The van der Waals surface area contributed by atoms with Gasteiger partial charge in [0.1, 0.15) is 5.76 Å². The van der Waals surface area contributed by atoms with Crippen molar-refractivity contribution < 1.29 is 18.7 Å². The molecule has 0 aromatic carbocycles. The van der Waals surface area contributed by atoms with Crippen LogP contribution in [0.25, 0.3) is 0 Å². The largest absolute Gasteiger partial charge is 0.467 e. The standard InChI is InChI=1S/C16H24N2O4/c1-2-21-16(20)17-10-9-15(19)18(13-6-3-4-7-13)12-14-8-5-11-22-14/h5,8,11,13H,2-4,6-7,9-10,12H2,1H3,(H,17,20). The van der Waals surface area contributed by atoms with Crippen LogP contribution in [0, 0.1) is 0 Å². The monoisotopic (exact) mass is 308 g/mol. The Labute approximate surface area is 130 Å². The molecular weight excluding hydrogens is 284 g/mol. The lowest BCUT2D eigenvalue weighted by Crippen LogP contribution is -2.40. The molecular formula is C16H24N2O4. The Balaban J connectivity index is 1.86. The van der Waals surface area contributed by atoms with Crippen LogP contribution in [-0.4, -0.2) is 36.1 Å². The zero-order chi connectivity index (χ0) is 15.8. The molecule has 1 aromatic heterocycles. The molecule has 1 heterocycles. The van der Waals surface area contributed by atoms with Crippen molar-refractivity contribution in [3.63, 3.8) is 0 Å². The number of nitrogens with zero attached hydrogens (tertiary/aromatic N) is 1. The van der Waals surface area contributed by atoms with Crippen LogP contribution in [0.1, 0.15) is 44.8 Å². The number of amides is 2. The van der Waals surface area contributed by atoms with Crippen LogP contribution < -0.4 is 5.32 Å². The third kappa shape index (κ3) is 4.79. The van der Waals surface area contributed by atoms with E-state index in [2.05, 4.69) is 5.32 Å². The van der Waals surface area contributed by atoms with Gasteiger partial charge in [-0.25, -0.2) is 4.79 Å². The molecule has 0 unspecified atom stereocenters. The van der Waals surface area contributed by atoms with Crippen LogP contribution in [0.2, 0.25) is 0 Å². The zero-order valence-corrected chi connectivity index (χ0v) is 13.0. The molecule has 1 fully saturated rings. The molecule has 0 radical (unpaired) electrons. The van der Waals surface area contributed by atoms with Gasteiger partial charge in [-0.3, -0.25) is 4.79 Å². The summed E-state index contributed by atoms with van der Waals surface area (Å²) < 4.78 is 10.1. The Hall–Kier alpha value is -1.98. The Morgan fingerprint density at radius 1 is 1.41 bits per heavy atom. The maximum atomic E-state index is 12.5. The van der Waals surface area contributed by atoms with Crippen LogP contribution in [0.4, 0.5) is 4.79 Å². The van der Waals surface area contributed by atoms with Gasteiger partial charge in [-0.15, -0.1) is 0 Å². The average molecular weight is 308 g/mol. The number of furan rings is 1. The first kappa shape index (κ1) is 16.4. The first-order valence-electron chi connectivity index (χ1n) is 7.93. The number of carbonyl (C=O) groups is 2. The van der Waals surface area contributed by atoms with Gasteiger partial charge in [0.2, 0.25) is 5.91 Å². The lowest BCUT2D eigenvalue weighted by Gasteiger charge is -2.28. The summed E-state index contributed by atoms with van der Waals surface area (Å²) in [6.45, 7) is 2.86. The van der Waals surface area contributed by atoms with Crippen LogP contribution in [0.3, 0.4) is 0 Å². The molecule has 122 valence electrons. The minimum atomic E-state index is -0.478. The lowest BCUT2D eigenvalue weighted by molar-refractivity contribution is -0.134. The minimum absolute atomic E-state index is 0.0418. The Kier molecular flexibility index (Phi) is 6.30. The second-order valence-corrected chi connectivity index (χ2v) is 5.44. The van der Waals surface area contributed by atoms with Gasteiger partial charge in [0.25, 0.3) is 0 Å². The van der Waals surface area contributed by atoms with Gasteiger partial charge in [0.15, 0.2) is 0 Å². The summed E-state index contributed by atoms with van der Waals surface area (Å²) in [6.07, 6.45) is 5.82. The molecule has 0 bridgehead atoms. The van der Waals surface area contributed by atoms with Gasteiger partial charge in [0, 0.05) is 19.0 Å². The van der Waals surface area contributed by atoms with E-state index in [1.54, 1.807) is 13.2 Å². The molecule has 1 saturated carbocycles. The van der Waals surface area contributed by atoms with E-state index in [-0.39, 0.29) is 18.4 Å². The SMILES string of the molecule is CCOC(=O)NCCC(=O)N(Cc1ccco1)C1CCCC1. The Morgan fingerprint density at radius 3 is 2.82 bits per heavy atom. The Morgan fingerprint density at radius 2 is 2.18 bits per heavy atom. The number of carbonyl (C=O) groups excluding carboxylic acids is 2. The summed E-state index contributed by atoms with van der Waals surface area (Å²) in [5.41, 5.74) is 0. The van der Waals surface area contributed by atoms with Crippen molar-refractivity contribution in [2.24, 2.45) is 0 Å². The molecule has 0 saturated heterocycles. The third-order valence-corrected chi connectivity index (χ3v) is 3.88. The molecule has 0 spiro atoms. The van der Waals surface area contributed by atoms with E-state index in [1.807, 2.05) is 17.0 Å². The molecule has 2 rings (SSSR count). The fraction of sp³-hybridized carbons (Fsp3) is 0.625. The Bertz CT molecular complexity index is 467. The summed E-state index contributed by atoms with van der Waals surface area (Å²) in [7, 11) is 0. The van der Waals surface area contributed by atoms with Crippen molar-refractivity contribution in [2.45, 2.75) is 51.6 Å². The molecule has 1 aliphatic rings. The van der Waals surface area contributed by atoms with E-state index in [9.17, 15) is 9.59 Å². The molecule has 6 heteroatoms. The predicted octanol–water partition coefficient (Wildman–Crippen LogP) is 2.69. The molecule has 22 heavy (non-hydrogen) atoms. The average Bonchev–Trinajstić information content (AvgIpc) is 3.18. The van der Waals surface area contributed by atoms with E-state index in [0.29, 0.717) is 19.7 Å². The first-order chi connectivity index (χ1) is 10.7. The molecule has 1 aromatic rings. The van der Waals surface area contributed by atoms with E-state index in [0.717, 1.165) is 31.4 Å². The lowest BCUT2D eigenvalue weighted by atomic mass is 10.2. The normalized spacial score (nSPS) is 14.8. The predicted molar refractivity (Wildman–Crippen MR) is 81.2 cm³/mol. The highest BCUT2D eigenvalue weighted by molar-refractivity contribution is 5.77. The highest BCUT2D eigenvalue weighted by Gasteiger charge is 2.27. The molecule has 2 amide bonds. The van der Waals surface area contributed by atoms with Crippen LogP contribution in [-0.2, 0) is 16.1 Å². The van der Waals surface area contributed by atoms with Crippen molar-refractivity contribution in [2.75, 3.05) is 13.2 Å². The summed E-state index contributed by atoms with van der Waals surface area (Å²) >= 11 is 0. The highest BCUT2D eigenvalue weighted by Crippen LogP contribution is 2.25. The number of rotatable bonds is 7. The highest BCUT2D eigenvalue weighted by atomic mass is 16.5. The summed E-state index contributed by atoms with van der Waals surface area (Å²) in [5, 5.41) is 2.59. The second-order valence-electron chi connectivity index (χ2n) is 5.44. The van der Waals surface area contributed by atoms with Crippen molar-refractivity contribution in [1.82, 2.24) is 10.2 Å². The summed E-state index contributed by atoms with van der Waals surface area (Å²) in [6, 6.07) is 3.99. The van der Waals surface area contributed by atoms with Gasteiger partial charge in [-0.05, 0) is 31.9 Å². The zero-order valence-electron chi connectivity index (χ0n) is 13.0. The van der Waals surface area contributed by atoms with Crippen LogP contribution >= 0.6 is 0 Å². The van der Waals surface area contributed by atoms with Crippen molar-refractivity contribution in [1.29, 1.82) is 0 Å². The van der Waals surface area contributed by atoms with E-state index < -0.39 is 6.09 Å². The first-order valence-corrected chi connectivity index (χ1v) is 7.93. The minimum Gasteiger partial charge on any atom is -0.467 e. The summed E-state index contributed by atoms with van der Waals surface area (Å²) in [5.74, 6) is 0.832. The fourth-order valence-electron chi connectivity index (χ4n) is 2.80. The number of ether oxygens (including phenoxy) is 1. The number of hydrogen-bond donors (Lipinski definition) is 1. The number of hydrogen-bond acceptors (Lipinski definition) is 4. The second kappa shape index (κ2) is 8.46. The topological polar surface area (TPSA) is 71.8 Å². The third-order valence-electron chi connectivity index (χ3n) is 3.88. The maximum absolute atomic E-state index is 12.5. The van der Waals surface area contributed by atoms with E-state index in [4.69, 9.17) is 9.15 Å². The molecule has 0 aliphatic heterocycles. The quantitative estimate of drug-likeness (QED) is 0.840. The van der Waals surface area contributed by atoms with E-state index in [1.165, 1.54) is 0 Å². The van der Waals surface area contributed by atoms with Crippen molar-refractivity contribution in [3.8, 4) is 0 Å². The van der Waals surface area contributed by atoms with Crippen LogP contribution in [0.5, 0.6) is 0 Å². The van der Waals surface area contributed by atoms with E-state index >= 15 is 0 Å². The molecule has 0 atom stereocenters. The number of alkyl carbamates (subject to hydrolysis) is 1. The smallest absolute Gasteiger partial charge is 0.407 e. The van der Waals surface area contributed by atoms with Crippen molar-refractivity contribution >= 4 is 12.0 Å². The van der Waals surface area contributed by atoms with Crippen molar-refractivity contribution in [3.05, 3.63) is 24.2 Å². The molecule has 1 aliphatic carbocycles. The molecule has 6 nitrogen and oxygen atoms in total.